The van der Waals surface area contributed by atoms with Gasteiger partial charge in [0.15, 0.2) is 0 Å². The molecule has 1 aromatic carbocycles. The van der Waals surface area contributed by atoms with Crippen molar-refractivity contribution >= 4 is 0 Å². The molecular weight excluding hydrogens is 218 g/mol. The Bertz CT molecular complexity index is 388. The molecule has 0 heterocycles. The SMILES string of the molecule is COc1cc(C)cc(OC)c1C1(CON)CC1. The van der Waals surface area contributed by atoms with E-state index in [4.69, 9.17) is 20.2 Å². The minimum absolute atomic E-state index is 0.0286. The molecule has 0 radical (unpaired) electrons. The third-order valence-electron chi connectivity index (χ3n) is 3.39. The van der Waals surface area contributed by atoms with Crippen molar-refractivity contribution in [2.24, 2.45) is 5.90 Å². The zero-order chi connectivity index (χ0) is 12.5. The minimum Gasteiger partial charge on any atom is -0.496 e. The summed E-state index contributed by atoms with van der Waals surface area (Å²) in [6.07, 6.45) is 2.11. The Morgan fingerprint density at radius 3 is 2.06 bits per heavy atom. The minimum atomic E-state index is -0.0286. The van der Waals surface area contributed by atoms with Gasteiger partial charge < -0.3 is 14.3 Å². The standard InChI is InChI=1S/C13H19NO3/c1-9-6-10(15-2)12(11(7-9)16-3)13(4-5-13)8-17-14/h6-7H,4-5,8,14H2,1-3H3. The topological polar surface area (TPSA) is 53.7 Å². The predicted molar refractivity (Wildman–Crippen MR) is 65.3 cm³/mol. The van der Waals surface area contributed by atoms with Crippen LogP contribution >= 0.6 is 0 Å². The molecule has 1 aliphatic carbocycles. The third kappa shape index (κ3) is 2.10. The third-order valence-corrected chi connectivity index (χ3v) is 3.39. The van der Waals surface area contributed by atoms with E-state index in [2.05, 4.69) is 0 Å². The summed E-state index contributed by atoms with van der Waals surface area (Å²) in [5.41, 5.74) is 2.17. The van der Waals surface area contributed by atoms with E-state index in [1.807, 2.05) is 19.1 Å². The van der Waals surface area contributed by atoms with Crippen molar-refractivity contribution in [3.63, 3.8) is 0 Å². The molecular formula is C13H19NO3. The van der Waals surface area contributed by atoms with Crippen molar-refractivity contribution in [2.45, 2.75) is 25.2 Å². The second-order valence-corrected chi connectivity index (χ2v) is 4.64. The zero-order valence-corrected chi connectivity index (χ0v) is 10.6. The van der Waals surface area contributed by atoms with Crippen molar-refractivity contribution in [2.75, 3.05) is 20.8 Å². The average Bonchev–Trinajstić information content (AvgIpc) is 3.08. The zero-order valence-electron chi connectivity index (χ0n) is 10.6. The van der Waals surface area contributed by atoms with E-state index in [0.29, 0.717) is 6.61 Å². The van der Waals surface area contributed by atoms with Crippen LogP contribution in [-0.2, 0) is 10.3 Å². The number of aryl methyl sites for hydroxylation is 1. The van der Waals surface area contributed by atoms with Gasteiger partial charge in [0.1, 0.15) is 11.5 Å². The van der Waals surface area contributed by atoms with Gasteiger partial charge in [-0.15, -0.1) is 0 Å². The van der Waals surface area contributed by atoms with Gasteiger partial charge in [0, 0.05) is 11.0 Å². The van der Waals surface area contributed by atoms with Crippen molar-refractivity contribution < 1.29 is 14.3 Å². The number of methoxy groups -OCH3 is 2. The Morgan fingerprint density at radius 2 is 1.71 bits per heavy atom. The van der Waals surface area contributed by atoms with Crippen LogP contribution in [-0.4, -0.2) is 20.8 Å². The van der Waals surface area contributed by atoms with Gasteiger partial charge >= 0.3 is 0 Å². The smallest absolute Gasteiger partial charge is 0.126 e. The maximum Gasteiger partial charge on any atom is 0.126 e. The van der Waals surface area contributed by atoms with E-state index in [9.17, 15) is 0 Å². The number of hydrogen-bond donors (Lipinski definition) is 1. The maximum atomic E-state index is 5.46. The van der Waals surface area contributed by atoms with Crippen molar-refractivity contribution in [3.05, 3.63) is 23.3 Å². The lowest BCUT2D eigenvalue weighted by molar-refractivity contribution is 0.114. The predicted octanol–water partition coefficient (Wildman–Crippen LogP) is 1.93. The van der Waals surface area contributed by atoms with Crippen LogP contribution < -0.4 is 15.4 Å². The molecule has 0 atom stereocenters. The molecule has 17 heavy (non-hydrogen) atoms. The van der Waals surface area contributed by atoms with Crippen LogP contribution in [0.25, 0.3) is 0 Å². The van der Waals surface area contributed by atoms with Crippen LogP contribution in [0.4, 0.5) is 0 Å². The second-order valence-electron chi connectivity index (χ2n) is 4.64. The van der Waals surface area contributed by atoms with Gasteiger partial charge in [-0.1, -0.05) is 0 Å². The Labute approximate surface area is 102 Å². The first-order chi connectivity index (χ1) is 8.16. The van der Waals surface area contributed by atoms with E-state index in [-0.39, 0.29) is 5.41 Å². The summed E-state index contributed by atoms with van der Waals surface area (Å²) in [6.45, 7) is 2.52. The molecule has 4 heteroatoms. The van der Waals surface area contributed by atoms with Crippen LogP contribution in [0.2, 0.25) is 0 Å². The molecule has 0 bridgehead atoms. The van der Waals surface area contributed by atoms with Crippen LogP contribution in [0.1, 0.15) is 24.0 Å². The first-order valence-corrected chi connectivity index (χ1v) is 5.71. The maximum absolute atomic E-state index is 5.46. The van der Waals surface area contributed by atoms with E-state index < -0.39 is 0 Å². The summed E-state index contributed by atoms with van der Waals surface area (Å²) in [4.78, 5) is 4.84. The average molecular weight is 237 g/mol. The molecule has 94 valence electrons. The van der Waals surface area contributed by atoms with Crippen LogP contribution in [0, 0.1) is 6.92 Å². The van der Waals surface area contributed by atoms with E-state index >= 15 is 0 Å². The van der Waals surface area contributed by atoms with Crippen molar-refractivity contribution in [1.29, 1.82) is 0 Å². The molecule has 1 saturated carbocycles. The number of ether oxygens (including phenoxy) is 2. The van der Waals surface area contributed by atoms with Crippen molar-refractivity contribution in [1.82, 2.24) is 0 Å². The first-order valence-electron chi connectivity index (χ1n) is 5.71. The summed E-state index contributed by atoms with van der Waals surface area (Å²) in [7, 11) is 3.36. The Morgan fingerprint density at radius 1 is 1.18 bits per heavy atom. The lowest BCUT2D eigenvalue weighted by Gasteiger charge is -2.21. The summed E-state index contributed by atoms with van der Waals surface area (Å²) in [6, 6.07) is 4.04. The summed E-state index contributed by atoms with van der Waals surface area (Å²) in [5.74, 6) is 6.94. The Kier molecular flexibility index (Phi) is 3.26. The molecule has 0 spiro atoms. The van der Waals surface area contributed by atoms with Crippen molar-refractivity contribution in [3.8, 4) is 11.5 Å². The van der Waals surface area contributed by atoms with Gasteiger partial charge in [0.2, 0.25) is 0 Å². The monoisotopic (exact) mass is 237 g/mol. The van der Waals surface area contributed by atoms with Gasteiger partial charge in [-0.05, 0) is 37.5 Å². The molecule has 0 aromatic heterocycles. The van der Waals surface area contributed by atoms with E-state index in [1.165, 1.54) is 0 Å². The molecule has 1 aromatic rings. The molecule has 0 aliphatic heterocycles. The molecule has 2 rings (SSSR count). The van der Waals surface area contributed by atoms with Gasteiger partial charge in [0.25, 0.3) is 0 Å². The highest BCUT2D eigenvalue weighted by Crippen LogP contribution is 2.54. The molecule has 0 unspecified atom stereocenters. The molecule has 4 nitrogen and oxygen atoms in total. The molecule has 1 fully saturated rings. The summed E-state index contributed by atoms with van der Waals surface area (Å²) in [5, 5.41) is 0. The van der Waals surface area contributed by atoms with Crippen LogP contribution in [0.15, 0.2) is 12.1 Å². The highest BCUT2D eigenvalue weighted by Gasteiger charge is 2.48. The van der Waals surface area contributed by atoms with E-state index in [1.54, 1.807) is 14.2 Å². The Balaban J connectivity index is 2.50. The number of hydrogen-bond acceptors (Lipinski definition) is 4. The van der Waals surface area contributed by atoms with Gasteiger partial charge in [-0.3, -0.25) is 0 Å². The molecule has 2 N–H and O–H groups in total. The Hall–Kier alpha value is -1.26. The first kappa shape index (κ1) is 12.2. The fourth-order valence-electron chi connectivity index (χ4n) is 2.34. The number of benzene rings is 1. The fraction of sp³-hybridized carbons (Fsp3) is 0.538. The van der Waals surface area contributed by atoms with E-state index in [0.717, 1.165) is 35.5 Å². The summed E-state index contributed by atoms with van der Waals surface area (Å²) >= 11 is 0. The second kappa shape index (κ2) is 4.55. The van der Waals surface area contributed by atoms with Gasteiger partial charge in [-0.2, -0.15) is 0 Å². The lowest BCUT2D eigenvalue weighted by Crippen LogP contribution is -2.20. The molecule has 0 amide bonds. The largest absolute Gasteiger partial charge is 0.496 e. The quantitative estimate of drug-likeness (QED) is 0.795. The number of rotatable bonds is 5. The van der Waals surface area contributed by atoms with Crippen LogP contribution in [0.5, 0.6) is 11.5 Å². The summed E-state index contributed by atoms with van der Waals surface area (Å²) < 4.78 is 10.9. The normalized spacial score (nSPS) is 16.7. The van der Waals surface area contributed by atoms with Gasteiger partial charge in [-0.25, -0.2) is 5.90 Å². The lowest BCUT2D eigenvalue weighted by atomic mass is 9.93. The van der Waals surface area contributed by atoms with Gasteiger partial charge in [0.05, 0.1) is 20.8 Å². The fourth-order valence-corrected chi connectivity index (χ4v) is 2.34. The molecule has 0 saturated heterocycles. The number of nitrogens with two attached hydrogens (primary N) is 1. The highest BCUT2D eigenvalue weighted by molar-refractivity contribution is 5.54. The van der Waals surface area contributed by atoms with Crippen LogP contribution in [0.3, 0.4) is 0 Å². The highest BCUT2D eigenvalue weighted by atomic mass is 16.6. The molecule has 1 aliphatic rings.